The van der Waals surface area contributed by atoms with Crippen molar-refractivity contribution in [2.45, 2.75) is 130 Å². The highest BCUT2D eigenvalue weighted by Crippen LogP contribution is 2.29. The summed E-state index contributed by atoms with van der Waals surface area (Å²) in [6, 6.07) is 9.47. The lowest BCUT2D eigenvalue weighted by molar-refractivity contribution is -0.146. The van der Waals surface area contributed by atoms with E-state index >= 15 is 0 Å². The van der Waals surface area contributed by atoms with Gasteiger partial charge in [-0.15, -0.1) is 0 Å². The monoisotopic (exact) mass is 704 g/mol. The number of nitrogens with zero attached hydrogens (tertiary/aromatic N) is 2. The number of hydrogen-bond acceptors (Lipinski definition) is 7. The predicted molar refractivity (Wildman–Crippen MR) is 200 cm³/mol. The van der Waals surface area contributed by atoms with E-state index in [1.54, 1.807) is 26.2 Å². The van der Waals surface area contributed by atoms with Gasteiger partial charge < -0.3 is 35.6 Å². The molecule has 2 rings (SSSR count). The van der Waals surface area contributed by atoms with Crippen LogP contribution in [0.2, 0.25) is 0 Å². The highest BCUT2D eigenvalue weighted by atomic mass is 16.5. The number of ether oxygens (including phenoxy) is 2. The van der Waals surface area contributed by atoms with Gasteiger partial charge in [0.05, 0.1) is 42.7 Å². The summed E-state index contributed by atoms with van der Waals surface area (Å²) in [7, 11) is 6.80. The van der Waals surface area contributed by atoms with Gasteiger partial charge in [-0.05, 0) is 56.6 Å². The molecule has 1 aliphatic rings. The summed E-state index contributed by atoms with van der Waals surface area (Å²) in [4.78, 5) is 54.2. The number of carbonyl (C=O) groups is 4. The second-order valence-corrected chi connectivity index (χ2v) is 14.8. The quantitative estimate of drug-likeness (QED) is 0.194. The van der Waals surface area contributed by atoms with E-state index in [-0.39, 0.29) is 72.0 Å². The molecule has 1 aliphatic heterocycles. The third kappa shape index (κ3) is 13.9. The number of primary amides is 1. The first-order valence-corrected chi connectivity index (χ1v) is 18.5. The number of benzene rings is 1. The van der Waals surface area contributed by atoms with Crippen molar-refractivity contribution in [1.82, 2.24) is 20.4 Å². The summed E-state index contributed by atoms with van der Waals surface area (Å²) in [5.74, 6) is -0.0541. The molecule has 11 nitrogen and oxygen atoms in total. The summed E-state index contributed by atoms with van der Waals surface area (Å²) >= 11 is 0. The van der Waals surface area contributed by atoms with E-state index in [0.29, 0.717) is 13.0 Å². The Balaban J connectivity index is 0.00000122. The zero-order chi connectivity index (χ0) is 38.1. The van der Waals surface area contributed by atoms with Crippen LogP contribution in [0.3, 0.4) is 0 Å². The van der Waals surface area contributed by atoms with Crippen LogP contribution in [0.15, 0.2) is 30.3 Å². The third-order valence-corrected chi connectivity index (χ3v) is 9.94. The van der Waals surface area contributed by atoms with E-state index in [0.717, 1.165) is 25.7 Å². The maximum Gasteiger partial charge on any atom is 0.234 e. The molecule has 1 aromatic carbocycles. The van der Waals surface area contributed by atoms with E-state index in [9.17, 15) is 19.2 Å². The fraction of sp³-hybridized carbons (Fsp3) is 0.744. The number of likely N-dealkylation sites (N-methyl/N-ethyl adjacent to an activating group) is 2. The molecule has 0 bridgehead atoms. The Bertz CT molecular complexity index is 1160. The molecule has 4 amide bonds. The third-order valence-electron chi connectivity index (χ3n) is 9.94. The normalized spacial score (nSPS) is 18.7. The molecule has 0 radical (unpaired) electrons. The summed E-state index contributed by atoms with van der Waals surface area (Å²) in [6.45, 7) is 16.7. The molecule has 4 N–H and O–H groups in total. The number of likely N-dealkylation sites (tertiary alicyclic amines) is 1. The summed E-state index contributed by atoms with van der Waals surface area (Å²) < 4.78 is 11.8. The molecule has 8 atom stereocenters. The Morgan fingerprint density at radius 2 is 1.60 bits per heavy atom. The van der Waals surface area contributed by atoms with Gasteiger partial charge in [-0.2, -0.15) is 0 Å². The van der Waals surface area contributed by atoms with E-state index < -0.39 is 18.1 Å². The fourth-order valence-electron chi connectivity index (χ4n) is 7.02. The highest BCUT2D eigenvalue weighted by molar-refractivity contribution is 5.81. The molecule has 1 fully saturated rings. The van der Waals surface area contributed by atoms with Crippen molar-refractivity contribution in [1.29, 1.82) is 0 Å². The molecule has 1 saturated heterocycles. The van der Waals surface area contributed by atoms with Crippen LogP contribution in [0.25, 0.3) is 0 Å². The van der Waals surface area contributed by atoms with Crippen LogP contribution in [0.4, 0.5) is 0 Å². The molecule has 0 saturated carbocycles. The number of nitrogens with two attached hydrogens (primary N) is 1. The lowest BCUT2D eigenvalue weighted by Crippen LogP contribution is -2.53. The topological polar surface area (TPSA) is 143 Å². The molecule has 11 heteroatoms. The van der Waals surface area contributed by atoms with Crippen molar-refractivity contribution in [3.05, 3.63) is 35.9 Å². The van der Waals surface area contributed by atoms with Gasteiger partial charge in [-0.3, -0.25) is 19.2 Å². The van der Waals surface area contributed by atoms with Gasteiger partial charge in [0.1, 0.15) is 0 Å². The lowest BCUT2D eigenvalue weighted by atomic mass is 9.90. The van der Waals surface area contributed by atoms with Crippen molar-refractivity contribution in [3.8, 4) is 0 Å². The van der Waals surface area contributed by atoms with Gasteiger partial charge in [-0.25, -0.2) is 0 Å². The van der Waals surface area contributed by atoms with Crippen LogP contribution in [-0.2, 0) is 35.1 Å². The molecule has 0 spiro atoms. The van der Waals surface area contributed by atoms with E-state index in [1.807, 2.05) is 71.7 Å². The zero-order valence-corrected chi connectivity index (χ0v) is 33.0. The Hall–Kier alpha value is -3.02. The summed E-state index contributed by atoms with van der Waals surface area (Å²) in [6.07, 6.45) is 3.02. The minimum Gasteiger partial charge on any atom is -0.379 e. The second kappa shape index (κ2) is 22.7. The lowest BCUT2D eigenvalue weighted by Gasteiger charge is -2.39. The largest absolute Gasteiger partial charge is 0.379 e. The van der Waals surface area contributed by atoms with Crippen LogP contribution in [0.5, 0.6) is 0 Å². The van der Waals surface area contributed by atoms with Crippen molar-refractivity contribution in [3.63, 3.8) is 0 Å². The standard InChI is InChI=1S/C33H55N3O5.C6H14N2O/c1-10-23(4)31(35(7)29(37)19-22(2)3)28(40-8)21-30(38)36-18-14-17-27(36)32(41-9)25(6)33(39)34-24(5)20-26-15-12-11-13-16-26;1-4(2)5(8-3)6(7)9/h11-13,15-16,22-25,27-28,31-32H,10,14,17-21H2,1-9H3,(H,34,39);4-5,8H,1-3H3,(H2,7,9)/t23?,24-,25-,27?,28?,31?,32?;/m1./s1. The number of nitrogens with one attached hydrogen (secondary N) is 2. The van der Waals surface area contributed by atoms with Crippen LogP contribution in [0, 0.1) is 23.7 Å². The summed E-state index contributed by atoms with van der Waals surface area (Å²) in [5, 5.41) is 5.97. The molecule has 0 aliphatic carbocycles. The SMILES string of the molecule is CCC(C)C(C(CC(=O)N1CCCC1C(OC)[C@@H](C)C(=O)N[C@H](C)Cc1ccccc1)OC)N(C)C(=O)CC(C)C.CNC(C(N)=O)C(C)C. The Morgan fingerprint density at radius 3 is 2.06 bits per heavy atom. The van der Waals surface area contributed by atoms with E-state index in [1.165, 1.54) is 5.56 Å². The number of amides is 4. The Labute approximate surface area is 302 Å². The highest BCUT2D eigenvalue weighted by Gasteiger charge is 2.42. The smallest absolute Gasteiger partial charge is 0.234 e. The molecule has 286 valence electrons. The molecular formula is C39H69N5O6. The average Bonchev–Trinajstić information content (AvgIpc) is 3.54. The van der Waals surface area contributed by atoms with E-state index in [2.05, 4.69) is 36.6 Å². The van der Waals surface area contributed by atoms with Crippen molar-refractivity contribution in [2.75, 3.05) is 34.9 Å². The van der Waals surface area contributed by atoms with Crippen molar-refractivity contribution in [2.24, 2.45) is 29.4 Å². The van der Waals surface area contributed by atoms with Crippen LogP contribution >= 0.6 is 0 Å². The number of methoxy groups -OCH3 is 2. The number of carbonyl (C=O) groups excluding carboxylic acids is 4. The van der Waals surface area contributed by atoms with Gasteiger partial charge in [0.25, 0.3) is 0 Å². The summed E-state index contributed by atoms with van der Waals surface area (Å²) in [5.41, 5.74) is 6.22. The molecule has 6 unspecified atom stereocenters. The Kier molecular flexibility index (Phi) is 20.5. The van der Waals surface area contributed by atoms with Crippen LogP contribution in [0.1, 0.15) is 93.1 Å². The van der Waals surface area contributed by atoms with Gasteiger partial charge in [0, 0.05) is 40.3 Å². The first-order chi connectivity index (χ1) is 23.5. The fourth-order valence-corrected chi connectivity index (χ4v) is 7.02. The minimum atomic E-state index is -0.430. The molecule has 50 heavy (non-hydrogen) atoms. The van der Waals surface area contributed by atoms with Gasteiger partial charge in [-0.1, -0.05) is 85.2 Å². The van der Waals surface area contributed by atoms with Gasteiger partial charge >= 0.3 is 0 Å². The first-order valence-electron chi connectivity index (χ1n) is 18.5. The maximum absolute atomic E-state index is 13.8. The van der Waals surface area contributed by atoms with E-state index in [4.69, 9.17) is 15.2 Å². The number of hydrogen-bond donors (Lipinski definition) is 3. The molecule has 1 aromatic rings. The molecule has 1 heterocycles. The van der Waals surface area contributed by atoms with Crippen LogP contribution in [-0.4, -0.2) is 105 Å². The first kappa shape index (κ1) is 45.0. The molecular weight excluding hydrogens is 634 g/mol. The van der Waals surface area contributed by atoms with Crippen LogP contribution < -0.4 is 16.4 Å². The zero-order valence-electron chi connectivity index (χ0n) is 33.0. The second-order valence-electron chi connectivity index (χ2n) is 14.8. The number of rotatable bonds is 19. The predicted octanol–water partition coefficient (Wildman–Crippen LogP) is 4.42. The molecule has 0 aromatic heterocycles. The maximum atomic E-state index is 13.8. The van der Waals surface area contributed by atoms with Crippen molar-refractivity contribution < 1.29 is 28.7 Å². The minimum absolute atomic E-state index is 0.0236. The van der Waals surface area contributed by atoms with Crippen molar-refractivity contribution >= 4 is 23.6 Å². The Morgan fingerprint density at radius 1 is 0.980 bits per heavy atom. The average molecular weight is 704 g/mol. The van der Waals surface area contributed by atoms with Gasteiger partial charge in [0.15, 0.2) is 0 Å². The van der Waals surface area contributed by atoms with Gasteiger partial charge in [0.2, 0.25) is 23.6 Å².